The van der Waals surface area contributed by atoms with E-state index in [1.807, 2.05) is 0 Å². The predicted molar refractivity (Wildman–Crippen MR) is 129 cm³/mol. The van der Waals surface area contributed by atoms with Gasteiger partial charge < -0.3 is 0 Å². The highest BCUT2D eigenvalue weighted by Crippen LogP contribution is 2.40. The topological polar surface area (TPSA) is 0 Å². The van der Waals surface area contributed by atoms with Gasteiger partial charge in [-0.25, -0.2) is 0 Å². The summed E-state index contributed by atoms with van der Waals surface area (Å²) in [6.45, 7) is 4.65. The third kappa shape index (κ3) is 7.45. The van der Waals surface area contributed by atoms with E-state index < -0.39 is 0 Å². The summed E-state index contributed by atoms with van der Waals surface area (Å²) < 4.78 is 0. The maximum absolute atomic E-state index is 2.49. The van der Waals surface area contributed by atoms with Crippen molar-refractivity contribution in [1.29, 1.82) is 0 Å². The fourth-order valence-corrected chi connectivity index (χ4v) is 6.23. The van der Waals surface area contributed by atoms with Gasteiger partial charge >= 0.3 is 0 Å². The standard InChI is InChI=1S/C29H48/c1-3-5-6-7-8-9-11-25-14-18-27(19-15-25)29-22-20-28(21-23-29)26-16-12-24(10-4-2)13-17-26/h20-27H,3-19H2,1-2H3/t24-,25-,26-,27-. The minimum absolute atomic E-state index is 0.838. The molecule has 0 heterocycles. The maximum Gasteiger partial charge on any atom is -0.0162 e. The highest BCUT2D eigenvalue weighted by molar-refractivity contribution is 5.28. The highest BCUT2D eigenvalue weighted by Gasteiger charge is 2.24. The molecule has 0 amide bonds. The molecule has 0 aromatic heterocycles. The molecule has 2 fully saturated rings. The van der Waals surface area contributed by atoms with Crippen LogP contribution in [-0.4, -0.2) is 0 Å². The van der Waals surface area contributed by atoms with Crippen molar-refractivity contribution in [3.8, 4) is 0 Å². The Morgan fingerprint density at radius 2 is 0.966 bits per heavy atom. The lowest BCUT2D eigenvalue weighted by molar-refractivity contribution is 0.301. The van der Waals surface area contributed by atoms with Gasteiger partial charge in [0, 0.05) is 0 Å². The van der Waals surface area contributed by atoms with Crippen molar-refractivity contribution in [2.24, 2.45) is 11.8 Å². The van der Waals surface area contributed by atoms with E-state index in [0.717, 1.165) is 23.7 Å². The van der Waals surface area contributed by atoms with Crippen LogP contribution >= 0.6 is 0 Å². The van der Waals surface area contributed by atoms with E-state index in [2.05, 4.69) is 38.1 Å². The van der Waals surface area contributed by atoms with Gasteiger partial charge in [-0.3, -0.25) is 0 Å². The second kappa shape index (κ2) is 12.8. The van der Waals surface area contributed by atoms with Crippen molar-refractivity contribution in [2.75, 3.05) is 0 Å². The van der Waals surface area contributed by atoms with Crippen LogP contribution in [0, 0.1) is 11.8 Å². The van der Waals surface area contributed by atoms with E-state index in [1.165, 1.54) is 109 Å². The smallest absolute Gasteiger partial charge is 0.0162 e. The summed E-state index contributed by atoms with van der Waals surface area (Å²) in [5.74, 6) is 3.72. The Hall–Kier alpha value is -0.780. The molecule has 0 unspecified atom stereocenters. The van der Waals surface area contributed by atoms with Gasteiger partial charge in [-0.15, -0.1) is 0 Å². The van der Waals surface area contributed by atoms with Gasteiger partial charge in [0.15, 0.2) is 0 Å². The molecule has 1 aromatic rings. The summed E-state index contributed by atoms with van der Waals surface area (Å²) in [7, 11) is 0. The molecule has 2 saturated carbocycles. The first kappa shape index (κ1) is 22.9. The molecule has 0 nitrogen and oxygen atoms in total. The molecule has 0 radical (unpaired) electrons. The molecule has 164 valence electrons. The van der Waals surface area contributed by atoms with E-state index >= 15 is 0 Å². The summed E-state index contributed by atoms with van der Waals surface area (Å²) in [6, 6.07) is 9.96. The zero-order valence-corrected chi connectivity index (χ0v) is 19.6. The molecule has 3 rings (SSSR count). The monoisotopic (exact) mass is 396 g/mol. The quantitative estimate of drug-likeness (QED) is 0.326. The van der Waals surface area contributed by atoms with Gasteiger partial charge in [0.05, 0.1) is 0 Å². The normalized spacial score (nSPS) is 27.8. The zero-order valence-electron chi connectivity index (χ0n) is 19.6. The predicted octanol–water partition coefficient (Wildman–Crippen LogP) is 9.78. The van der Waals surface area contributed by atoms with Crippen LogP contribution in [0.5, 0.6) is 0 Å². The van der Waals surface area contributed by atoms with E-state index in [0.29, 0.717) is 0 Å². The number of rotatable bonds is 11. The molecule has 2 aliphatic rings. The Kier molecular flexibility index (Phi) is 10.1. The van der Waals surface area contributed by atoms with Crippen LogP contribution in [-0.2, 0) is 0 Å². The van der Waals surface area contributed by atoms with Crippen molar-refractivity contribution in [3.05, 3.63) is 35.4 Å². The lowest BCUT2D eigenvalue weighted by atomic mass is 9.75. The SMILES string of the molecule is CCCCCCCC[C@H]1CC[C@H](c2ccc([C@H]3CC[C@H](CCC)CC3)cc2)CC1. The molecule has 0 N–H and O–H groups in total. The lowest BCUT2D eigenvalue weighted by Crippen LogP contribution is -2.14. The van der Waals surface area contributed by atoms with Crippen molar-refractivity contribution >= 4 is 0 Å². The van der Waals surface area contributed by atoms with Crippen LogP contribution in [0.15, 0.2) is 24.3 Å². The minimum atomic E-state index is 0.838. The Morgan fingerprint density at radius 1 is 0.517 bits per heavy atom. The Labute approximate surface area is 182 Å². The van der Waals surface area contributed by atoms with Gasteiger partial charge in [-0.1, -0.05) is 95.9 Å². The van der Waals surface area contributed by atoms with Crippen LogP contribution in [0.2, 0.25) is 0 Å². The van der Waals surface area contributed by atoms with Gasteiger partial charge in [0.1, 0.15) is 0 Å². The van der Waals surface area contributed by atoms with Crippen LogP contribution in [0.3, 0.4) is 0 Å². The molecule has 1 aromatic carbocycles. The second-order valence-electron chi connectivity index (χ2n) is 10.4. The summed E-state index contributed by atoms with van der Waals surface area (Å²) >= 11 is 0. The number of hydrogen-bond donors (Lipinski definition) is 0. The van der Waals surface area contributed by atoms with Crippen LogP contribution < -0.4 is 0 Å². The number of unbranched alkanes of at least 4 members (excludes halogenated alkanes) is 5. The van der Waals surface area contributed by atoms with E-state index in [9.17, 15) is 0 Å². The van der Waals surface area contributed by atoms with E-state index in [-0.39, 0.29) is 0 Å². The zero-order chi connectivity index (χ0) is 20.3. The number of hydrogen-bond acceptors (Lipinski definition) is 0. The Bertz CT molecular complexity index is 526. The average molecular weight is 397 g/mol. The van der Waals surface area contributed by atoms with Crippen molar-refractivity contribution in [3.63, 3.8) is 0 Å². The molecule has 0 heteroatoms. The highest BCUT2D eigenvalue weighted by atomic mass is 14.3. The third-order valence-electron chi connectivity index (χ3n) is 8.24. The number of benzene rings is 1. The molecule has 0 bridgehead atoms. The van der Waals surface area contributed by atoms with Crippen molar-refractivity contribution in [1.82, 2.24) is 0 Å². The Morgan fingerprint density at radius 3 is 1.45 bits per heavy atom. The van der Waals surface area contributed by atoms with Gasteiger partial charge in [-0.05, 0) is 86.2 Å². The van der Waals surface area contributed by atoms with Gasteiger partial charge in [0.25, 0.3) is 0 Å². The minimum Gasteiger partial charge on any atom is -0.0654 e. The molecule has 0 spiro atoms. The van der Waals surface area contributed by atoms with E-state index in [4.69, 9.17) is 0 Å². The fourth-order valence-electron chi connectivity index (χ4n) is 6.23. The molecule has 0 aliphatic heterocycles. The molecule has 0 atom stereocenters. The summed E-state index contributed by atoms with van der Waals surface area (Å²) in [5, 5.41) is 0. The summed E-state index contributed by atoms with van der Waals surface area (Å²) in [5.41, 5.74) is 3.26. The van der Waals surface area contributed by atoms with Crippen molar-refractivity contribution in [2.45, 2.75) is 135 Å². The Balaban J connectivity index is 1.36. The average Bonchev–Trinajstić information content (AvgIpc) is 2.78. The van der Waals surface area contributed by atoms with E-state index in [1.54, 1.807) is 11.1 Å². The van der Waals surface area contributed by atoms with Crippen LogP contribution in [0.1, 0.15) is 146 Å². The van der Waals surface area contributed by atoms with Gasteiger partial charge in [0.2, 0.25) is 0 Å². The molecule has 0 saturated heterocycles. The molecular formula is C29H48. The first-order valence-corrected chi connectivity index (χ1v) is 13.4. The molecule has 29 heavy (non-hydrogen) atoms. The van der Waals surface area contributed by atoms with Crippen LogP contribution in [0.4, 0.5) is 0 Å². The second-order valence-corrected chi connectivity index (χ2v) is 10.4. The van der Waals surface area contributed by atoms with Gasteiger partial charge in [-0.2, -0.15) is 0 Å². The third-order valence-corrected chi connectivity index (χ3v) is 8.24. The fraction of sp³-hybridized carbons (Fsp3) is 0.793. The maximum atomic E-state index is 2.49. The van der Waals surface area contributed by atoms with Crippen LogP contribution in [0.25, 0.3) is 0 Å². The first-order chi connectivity index (χ1) is 14.3. The molecule has 2 aliphatic carbocycles. The van der Waals surface area contributed by atoms with Crippen molar-refractivity contribution < 1.29 is 0 Å². The largest absolute Gasteiger partial charge is 0.0654 e. The summed E-state index contributed by atoms with van der Waals surface area (Å²) in [6.07, 6.45) is 24.6. The summed E-state index contributed by atoms with van der Waals surface area (Å²) in [4.78, 5) is 0. The lowest BCUT2D eigenvalue weighted by Gasteiger charge is -2.30. The molecular weight excluding hydrogens is 348 g/mol. The first-order valence-electron chi connectivity index (χ1n) is 13.4.